The van der Waals surface area contributed by atoms with Gasteiger partial charge in [0.2, 0.25) is 0 Å². The van der Waals surface area contributed by atoms with Gasteiger partial charge in [-0.25, -0.2) is 0 Å². The van der Waals surface area contributed by atoms with Crippen molar-refractivity contribution in [3.05, 3.63) is 24.3 Å². The maximum atomic E-state index is 5.49. The van der Waals surface area contributed by atoms with Crippen LogP contribution >= 0.6 is 11.8 Å². The molecule has 0 atom stereocenters. The van der Waals surface area contributed by atoms with E-state index in [0.29, 0.717) is 6.04 Å². The van der Waals surface area contributed by atoms with E-state index < -0.39 is 0 Å². The summed E-state index contributed by atoms with van der Waals surface area (Å²) in [6.07, 6.45) is 2.53. The van der Waals surface area contributed by atoms with Crippen LogP contribution in [0.25, 0.3) is 0 Å². The van der Waals surface area contributed by atoms with Crippen molar-refractivity contribution >= 4 is 17.4 Å². The standard InChI is InChI=1S/C13H19NOS/c1-2-15-13-5-3-4-12(10-13)14-11-6-8-16-9-7-11/h3-5,10-11,14H,2,6-9H2,1H3. The molecule has 0 radical (unpaired) electrons. The van der Waals surface area contributed by atoms with Crippen LogP contribution in [-0.2, 0) is 0 Å². The molecular weight excluding hydrogens is 218 g/mol. The van der Waals surface area contributed by atoms with Crippen LogP contribution in [0.15, 0.2) is 24.3 Å². The van der Waals surface area contributed by atoms with Crippen molar-refractivity contribution in [3.63, 3.8) is 0 Å². The fourth-order valence-electron chi connectivity index (χ4n) is 1.92. The van der Waals surface area contributed by atoms with E-state index >= 15 is 0 Å². The fraction of sp³-hybridized carbons (Fsp3) is 0.538. The molecule has 0 aliphatic carbocycles. The lowest BCUT2D eigenvalue weighted by atomic mass is 10.1. The Morgan fingerprint density at radius 2 is 2.19 bits per heavy atom. The lowest BCUT2D eigenvalue weighted by molar-refractivity contribution is 0.340. The fourth-order valence-corrected chi connectivity index (χ4v) is 3.03. The Labute approximate surface area is 102 Å². The van der Waals surface area contributed by atoms with E-state index in [1.54, 1.807) is 0 Å². The summed E-state index contributed by atoms with van der Waals surface area (Å²) in [7, 11) is 0. The molecule has 0 spiro atoms. The minimum atomic E-state index is 0.637. The Kier molecular flexibility index (Phi) is 4.40. The van der Waals surface area contributed by atoms with Gasteiger partial charge in [-0.1, -0.05) is 6.07 Å². The van der Waals surface area contributed by atoms with Crippen molar-refractivity contribution in [2.75, 3.05) is 23.4 Å². The Hall–Kier alpha value is -0.830. The molecule has 0 amide bonds. The van der Waals surface area contributed by atoms with Gasteiger partial charge in [0.05, 0.1) is 6.61 Å². The molecule has 2 nitrogen and oxygen atoms in total. The van der Waals surface area contributed by atoms with E-state index in [1.807, 2.05) is 19.1 Å². The molecule has 1 fully saturated rings. The minimum Gasteiger partial charge on any atom is -0.494 e. The summed E-state index contributed by atoms with van der Waals surface area (Å²) < 4.78 is 5.49. The van der Waals surface area contributed by atoms with Crippen LogP contribution in [0, 0.1) is 0 Å². The van der Waals surface area contributed by atoms with E-state index in [0.717, 1.165) is 12.4 Å². The molecule has 3 heteroatoms. The van der Waals surface area contributed by atoms with Gasteiger partial charge < -0.3 is 10.1 Å². The molecule has 16 heavy (non-hydrogen) atoms. The summed E-state index contributed by atoms with van der Waals surface area (Å²) in [6, 6.07) is 8.89. The maximum Gasteiger partial charge on any atom is 0.121 e. The molecule has 1 saturated heterocycles. The average molecular weight is 237 g/mol. The lowest BCUT2D eigenvalue weighted by Crippen LogP contribution is -2.24. The molecule has 1 aromatic rings. The first-order valence-corrected chi connectivity index (χ1v) is 7.11. The number of nitrogens with one attached hydrogen (secondary N) is 1. The third-order valence-electron chi connectivity index (χ3n) is 2.74. The van der Waals surface area contributed by atoms with Crippen molar-refractivity contribution < 1.29 is 4.74 Å². The molecule has 1 aromatic carbocycles. The van der Waals surface area contributed by atoms with E-state index in [9.17, 15) is 0 Å². The van der Waals surface area contributed by atoms with Crippen LogP contribution in [0.4, 0.5) is 5.69 Å². The highest BCUT2D eigenvalue weighted by Gasteiger charge is 2.13. The maximum absolute atomic E-state index is 5.49. The van der Waals surface area contributed by atoms with Crippen LogP contribution in [0.2, 0.25) is 0 Å². The summed E-state index contributed by atoms with van der Waals surface area (Å²) in [5.74, 6) is 3.52. The number of rotatable bonds is 4. The highest BCUT2D eigenvalue weighted by Crippen LogP contribution is 2.23. The van der Waals surface area contributed by atoms with Crippen LogP contribution in [0.5, 0.6) is 5.75 Å². The smallest absolute Gasteiger partial charge is 0.121 e. The Bertz CT molecular complexity index is 323. The first-order chi connectivity index (χ1) is 7.88. The van der Waals surface area contributed by atoms with Crippen molar-refractivity contribution in [2.45, 2.75) is 25.8 Å². The van der Waals surface area contributed by atoms with Gasteiger partial charge in [-0.15, -0.1) is 0 Å². The third kappa shape index (κ3) is 3.34. The molecule has 2 rings (SSSR count). The molecule has 88 valence electrons. The lowest BCUT2D eigenvalue weighted by Gasteiger charge is -2.23. The molecule has 0 saturated carbocycles. The molecular formula is C13H19NOS. The number of ether oxygens (including phenoxy) is 1. The first-order valence-electron chi connectivity index (χ1n) is 5.95. The van der Waals surface area contributed by atoms with Crippen molar-refractivity contribution in [1.82, 2.24) is 0 Å². The zero-order chi connectivity index (χ0) is 11.2. The zero-order valence-corrected chi connectivity index (χ0v) is 10.6. The quantitative estimate of drug-likeness (QED) is 0.867. The number of hydrogen-bond acceptors (Lipinski definition) is 3. The average Bonchev–Trinajstić information content (AvgIpc) is 2.31. The molecule has 0 aromatic heterocycles. The summed E-state index contributed by atoms with van der Waals surface area (Å²) in [6.45, 7) is 2.74. The van der Waals surface area contributed by atoms with Crippen LogP contribution in [0.1, 0.15) is 19.8 Å². The normalized spacial score (nSPS) is 17.1. The monoisotopic (exact) mass is 237 g/mol. The van der Waals surface area contributed by atoms with Gasteiger partial charge in [0.15, 0.2) is 0 Å². The van der Waals surface area contributed by atoms with Gasteiger partial charge in [-0.05, 0) is 43.4 Å². The zero-order valence-electron chi connectivity index (χ0n) is 9.74. The summed E-state index contributed by atoms with van der Waals surface area (Å²) in [5, 5.41) is 3.59. The molecule has 1 aliphatic rings. The molecule has 1 N–H and O–H groups in total. The second-order valence-electron chi connectivity index (χ2n) is 3.99. The first kappa shape index (κ1) is 11.6. The van der Waals surface area contributed by atoms with Gasteiger partial charge in [-0.3, -0.25) is 0 Å². The molecule has 1 heterocycles. The predicted octanol–water partition coefficient (Wildman–Crippen LogP) is 3.39. The Morgan fingerprint density at radius 1 is 1.38 bits per heavy atom. The molecule has 0 bridgehead atoms. The van der Waals surface area contributed by atoms with E-state index in [-0.39, 0.29) is 0 Å². The highest BCUT2D eigenvalue weighted by molar-refractivity contribution is 7.99. The number of benzene rings is 1. The number of hydrogen-bond donors (Lipinski definition) is 1. The van der Waals surface area contributed by atoms with E-state index in [4.69, 9.17) is 4.74 Å². The summed E-state index contributed by atoms with van der Waals surface area (Å²) in [4.78, 5) is 0. The van der Waals surface area contributed by atoms with Crippen molar-refractivity contribution in [2.24, 2.45) is 0 Å². The second kappa shape index (κ2) is 6.04. The summed E-state index contributed by atoms with van der Waals surface area (Å²) >= 11 is 2.06. The van der Waals surface area contributed by atoms with Gasteiger partial charge in [0.1, 0.15) is 5.75 Å². The van der Waals surface area contributed by atoms with Gasteiger partial charge >= 0.3 is 0 Å². The predicted molar refractivity (Wildman–Crippen MR) is 71.6 cm³/mol. The minimum absolute atomic E-state index is 0.637. The topological polar surface area (TPSA) is 21.3 Å². The Morgan fingerprint density at radius 3 is 2.94 bits per heavy atom. The SMILES string of the molecule is CCOc1cccc(NC2CCSCC2)c1. The van der Waals surface area contributed by atoms with Crippen molar-refractivity contribution in [3.8, 4) is 5.75 Å². The molecule has 0 unspecified atom stereocenters. The van der Waals surface area contributed by atoms with Gasteiger partial charge in [0, 0.05) is 17.8 Å². The van der Waals surface area contributed by atoms with Gasteiger partial charge in [-0.2, -0.15) is 11.8 Å². The third-order valence-corrected chi connectivity index (χ3v) is 3.79. The second-order valence-corrected chi connectivity index (χ2v) is 5.22. The van der Waals surface area contributed by atoms with Crippen LogP contribution < -0.4 is 10.1 Å². The van der Waals surface area contributed by atoms with Crippen molar-refractivity contribution in [1.29, 1.82) is 0 Å². The molecule has 1 aliphatic heterocycles. The van der Waals surface area contributed by atoms with Crippen LogP contribution in [0.3, 0.4) is 0 Å². The van der Waals surface area contributed by atoms with Crippen LogP contribution in [-0.4, -0.2) is 24.2 Å². The van der Waals surface area contributed by atoms with Gasteiger partial charge in [0.25, 0.3) is 0 Å². The Balaban J connectivity index is 1.94. The largest absolute Gasteiger partial charge is 0.494 e. The number of anilines is 1. The highest BCUT2D eigenvalue weighted by atomic mass is 32.2. The summed E-state index contributed by atoms with van der Waals surface area (Å²) in [5.41, 5.74) is 1.18. The van der Waals surface area contributed by atoms with E-state index in [2.05, 4.69) is 29.2 Å². The number of thioether (sulfide) groups is 1. The van der Waals surface area contributed by atoms with E-state index in [1.165, 1.54) is 30.0 Å².